The van der Waals surface area contributed by atoms with Gasteiger partial charge in [-0.15, -0.1) is 0 Å². The molecule has 0 unspecified atom stereocenters. The minimum Gasteiger partial charge on any atom is -0.385 e. The Kier molecular flexibility index (Phi) is 13.0. The number of ether oxygens (including phenoxy) is 1. The molecule has 3 rings (SSSR count). The first-order valence-corrected chi connectivity index (χ1v) is 14.6. The predicted molar refractivity (Wildman–Crippen MR) is 162 cm³/mol. The number of piperazine rings is 1. The molecule has 0 aliphatic carbocycles. The lowest BCUT2D eigenvalue weighted by Gasteiger charge is -2.41. The van der Waals surface area contributed by atoms with E-state index in [2.05, 4.69) is 50.2 Å². The first kappa shape index (κ1) is 34.4. The summed E-state index contributed by atoms with van der Waals surface area (Å²) in [6, 6.07) is -0.139. The van der Waals surface area contributed by atoms with Gasteiger partial charge in [0.25, 0.3) is 5.91 Å². The second-order valence-corrected chi connectivity index (χ2v) is 12.4. The Labute approximate surface area is 246 Å². The van der Waals surface area contributed by atoms with E-state index in [1.165, 1.54) is 0 Å². The van der Waals surface area contributed by atoms with Gasteiger partial charge in [0.1, 0.15) is 17.2 Å². The molecule has 0 saturated carbocycles. The molecule has 11 heteroatoms. The molecule has 2 N–H and O–H groups in total. The van der Waals surface area contributed by atoms with Crippen LogP contribution in [0, 0.1) is 11.8 Å². The average molecular weight is 576 g/mol. The summed E-state index contributed by atoms with van der Waals surface area (Å²) >= 11 is 0. The van der Waals surface area contributed by atoms with Crippen LogP contribution in [0.2, 0.25) is 0 Å². The Morgan fingerprint density at radius 2 is 1.80 bits per heavy atom. The molecule has 41 heavy (non-hydrogen) atoms. The van der Waals surface area contributed by atoms with E-state index < -0.39 is 0 Å². The number of amides is 3. The monoisotopic (exact) mass is 575 g/mol. The van der Waals surface area contributed by atoms with Crippen LogP contribution < -0.4 is 10.6 Å². The highest BCUT2D eigenvalue weighted by Gasteiger charge is 2.37. The molecule has 2 aliphatic rings. The van der Waals surface area contributed by atoms with Crippen molar-refractivity contribution < 1.29 is 19.1 Å². The number of aromatic nitrogens is 2. The maximum Gasteiger partial charge on any atom is 0.259 e. The number of hydrogen-bond donors (Lipinski definition) is 2. The van der Waals surface area contributed by atoms with Gasteiger partial charge in [-0.3, -0.25) is 14.4 Å². The van der Waals surface area contributed by atoms with Gasteiger partial charge in [-0.25, -0.2) is 9.97 Å². The highest BCUT2D eigenvalue weighted by atomic mass is 16.5. The van der Waals surface area contributed by atoms with Crippen LogP contribution in [0.5, 0.6) is 0 Å². The highest BCUT2D eigenvalue weighted by Crippen LogP contribution is 2.26. The first-order chi connectivity index (χ1) is 18.9. The van der Waals surface area contributed by atoms with Gasteiger partial charge in [0.2, 0.25) is 11.8 Å². The number of rotatable bonds is 10. The predicted octanol–water partition coefficient (Wildman–Crippen LogP) is 2.63. The summed E-state index contributed by atoms with van der Waals surface area (Å²) in [4.78, 5) is 54.2. The van der Waals surface area contributed by atoms with E-state index in [1.807, 2.05) is 9.80 Å². The number of anilines is 1. The Morgan fingerprint density at radius 1 is 1.15 bits per heavy atom. The van der Waals surface area contributed by atoms with Crippen molar-refractivity contribution in [3.8, 4) is 0 Å². The van der Waals surface area contributed by atoms with E-state index in [-0.39, 0.29) is 48.4 Å². The van der Waals surface area contributed by atoms with Crippen LogP contribution in [0.1, 0.15) is 78.0 Å². The molecule has 2 atom stereocenters. The van der Waals surface area contributed by atoms with Gasteiger partial charge < -0.3 is 30.1 Å². The zero-order chi connectivity index (χ0) is 29.4. The molecular weight excluding hydrogens is 522 g/mol. The lowest BCUT2D eigenvalue weighted by Crippen LogP contribution is -2.57. The van der Waals surface area contributed by atoms with Crippen LogP contribution in [-0.4, -0.2) is 115 Å². The van der Waals surface area contributed by atoms with Gasteiger partial charge in [-0.2, -0.15) is 0 Å². The smallest absolute Gasteiger partial charge is 0.259 e. The maximum atomic E-state index is 14.1. The van der Waals surface area contributed by atoms with Gasteiger partial charge in [-0.1, -0.05) is 42.0 Å². The standard InChI is InChI=1S/C29H49N7O4.CH4/c1-20(2)19-36(23-15-22(16-30-17-23)26(38)35-12-10-34(11-13-35)21(3)37)27(39)24-18-32-28(29(4,5)6)33-25(24)31-9-8-14-40-7;/h18,20,22-23,30H,8-17,19H2,1-7H3,(H,31,32,33);1H4/t22-,23+;/m1./s1. The van der Waals surface area contributed by atoms with Crippen molar-refractivity contribution in [2.24, 2.45) is 11.8 Å². The number of carbonyl (C=O) groups is 3. The maximum absolute atomic E-state index is 14.1. The van der Waals surface area contributed by atoms with Crippen molar-refractivity contribution in [1.82, 2.24) is 30.0 Å². The van der Waals surface area contributed by atoms with Crippen LogP contribution in [-0.2, 0) is 19.7 Å². The third-order valence-electron chi connectivity index (χ3n) is 7.48. The van der Waals surface area contributed by atoms with Gasteiger partial charge in [0.05, 0.1) is 5.92 Å². The van der Waals surface area contributed by atoms with E-state index in [9.17, 15) is 14.4 Å². The van der Waals surface area contributed by atoms with E-state index in [4.69, 9.17) is 9.72 Å². The van der Waals surface area contributed by atoms with Crippen LogP contribution in [0.3, 0.4) is 0 Å². The van der Waals surface area contributed by atoms with Crippen molar-refractivity contribution in [2.45, 2.75) is 73.3 Å². The second kappa shape index (κ2) is 15.4. The summed E-state index contributed by atoms with van der Waals surface area (Å²) in [7, 11) is 1.67. The summed E-state index contributed by atoms with van der Waals surface area (Å²) < 4.78 is 5.18. The molecule has 3 heterocycles. The lowest BCUT2D eigenvalue weighted by molar-refractivity contribution is -0.142. The van der Waals surface area contributed by atoms with Crippen molar-refractivity contribution in [2.75, 3.05) is 71.4 Å². The fourth-order valence-corrected chi connectivity index (χ4v) is 5.25. The van der Waals surface area contributed by atoms with Crippen LogP contribution >= 0.6 is 0 Å². The molecule has 2 aliphatic heterocycles. The highest BCUT2D eigenvalue weighted by molar-refractivity contribution is 5.98. The van der Waals surface area contributed by atoms with Crippen molar-refractivity contribution in [1.29, 1.82) is 0 Å². The summed E-state index contributed by atoms with van der Waals surface area (Å²) in [5.74, 6) is 1.23. The zero-order valence-corrected chi connectivity index (χ0v) is 25.5. The summed E-state index contributed by atoms with van der Waals surface area (Å²) in [6.45, 7) is 17.1. The van der Waals surface area contributed by atoms with E-state index >= 15 is 0 Å². The van der Waals surface area contributed by atoms with E-state index in [1.54, 1.807) is 25.1 Å². The third-order valence-corrected chi connectivity index (χ3v) is 7.48. The summed E-state index contributed by atoms with van der Waals surface area (Å²) in [5, 5.41) is 6.77. The Morgan fingerprint density at radius 3 is 2.39 bits per heavy atom. The SMILES string of the molecule is C.COCCCNc1nc(C(C)(C)C)ncc1C(=O)N(CC(C)C)[C@@H]1CNC[C@H](C(=O)N2CCN(C(C)=O)CC2)C1. The van der Waals surface area contributed by atoms with Crippen LogP contribution in [0.25, 0.3) is 0 Å². The molecule has 0 spiro atoms. The minimum absolute atomic E-state index is 0. The molecule has 2 fully saturated rings. The van der Waals surface area contributed by atoms with E-state index in [0.29, 0.717) is 82.6 Å². The van der Waals surface area contributed by atoms with Crippen molar-refractivity contribution in [3.05, 3.63) is 17.6 Å². The first-order valence-electron chi connectivity index (χ1n) is 14.6. The molecule has 1 aromatic heterocycles. The number of methoxy groups -OCH3 is 1. The average Bonchev–Trinajstić information content (AvgIpc) is 2.92. The van der Waals surface area contributed by atoms with Crippen molar-refractivity contribution >= 4 is 23.5 Å². The Balaban J connectivity index is 0.00000588. The number of nitrogens with zero attached hydrogens (tertiary/aromatic N) is 5. The fraction of sp³-hybridized carbons (Fsp3) is 0.767. The molecular formula is C30H53N7O4. The van der Waals surface area contributed by atoms with E-state index in [0.717, 1.165) is 6.42 Å². The molecule has 1 aromatic rings. The molecule has 0 bridgehead atoms. The Hall–Kier alpha value is -2.79. The lowest BCUT2D eigenvalue weighted by atomic mass is 9.92. The molecule has 0 radical (unpaired) electrons. The third kappa shape index (κ3) is 9.36. The quantitative estimate of drug-likeness (QED) is 0.409. The fourth-order valence-electron chi connectivity index (χ4n) is 5.25. The summed E-state index contributed by atoms with van der Waals surface area (Å²) in [6.07, 6.45) is 3.02. The summed E-state index contributed by atoms with van der Waals surface area (Å²) in [5.41, 5.74) is 0.179. The van der Waals surface area contributed by atoms with Gasteiger partial charge in [0.15, 0.2) is 0 Å². The molecule has 3 amide bonds. The van der Waals surface area contributed by atoms with Gasteiger partial charge in [0, 0.05) is 90.7 Å². The van der Waals surface area contributed by atoms with Crippen LogP contribution in [0.15, 0.2) is 6.20 Å². The van der Waals surface area contributed by atoms with Crippen molar-refractivity contribution in [3.63, 3.8) is 0 Å². The molecule has 2 saturated heterocycles. The minimum atomic E-state index is -0.265. The number of piperidine rings is 1. The van der Waals surface area contributed by atoms with Crippen LogP contribution in [0.4, 0.5) is 5.82 Å². The molecule has 232 valence electrons. The molecule has 11 nitrogen and oxygen atoms in total. The second-order valence-electron chi connectivity index (χ2n) is 12.4. The van der Waals surface area contributed by atoms with Gasteiger partial charge in [-0.05, 0) is 18.8 Å². The largest absolute Gasteiger partial charge is 0.385 e. The van der Waals surface area contributed by atoms with Gasteiger partial charge >= 0.3 is 0 Å². The normalized spacial score (nSPS) is 19.5. The number of hydrogen-bond acceptors (Lipinski definition) is 8. The topological polar surface area (TPSA) is 120 Å². The molecule has 0 aromatic carbocycles. The zero-order valence-electron chi connectivity index (χ0n) is 25.5. The number of carbonyl (C=O) groups excluding carboxylic acids is 3. The number of nitrogens with one attached hydrogen (secondary N) is 2. The Bertz CT molecular complexity index is 1020.